The minimum atomic E-state index is 1.13. The molecule has 16 heavy (non-hydrogen) atoms. The Kier molecular flexibility index (Phi) is 4.56. The second-order valence-corrected chi connectivity index (χ2v) is 5.06. The average molecular weight is 233 g/mol. The Bertz CT molecular complexity index is 328. The van der Waals surface area contributed by atoms with Crippen molar-refractivity contribution in [3.8, 4) is 0 Å². The molecule has 1 nitrogen and oxygen atoms in total. The SMILES string of the molecule is P=C(CCc1ccccc1)N1CCCCC1. The number of likely N-dealkylation sites (tertiary alicyclic amines) is 1. The molecule has 0 radical (unpaired) electrons. The van der Waals surface area contributed by atoms with Gasteiger partial charge in [0.2, 0.25) is 0 Å². The molecule has 0 saturated carbocycles. The number of nitrogens with zero attached hydrogens (tertiary/aromatic N) is 1. The number of hydrogen-bond donors (Lipinski definition) is 0. The van der Waals surface area contributed by atoms with Gasteiger partial charge in [-0.1, -0.05) is 36.8 Å². The summed E-state index contributed by atoms with van der Waals surface area (Å²) in [4.78, 5) is 2.49. The molecule has 1 aromatic carbocycles. The number of benzene rings is 1. The highest BCUT2D eigenvalue weighted by molar-refractivity contribution is 7.20. The lowest BCUT2D eigenvalue weighted by Crippen LogP contribution is -2.34. The topological polar surface area (TPSA) is 3.24 Å². The fourth-order valence-electron chi connectivity index (χ4n) is 2.23. The normalized spacial score (nSPS) is 17.2. The van der Waals surface area contributed by atoms with Gasteiger partial charge in [-0.25, -0.2) is 0 Å². The van der Waals surface area contributed by atoms with Crippen molar-refractivity contribution in [3.05, 3.63) is 35.9 Å². The predicted octanol–water partition coefficient (Wildman–Crippen LogP) is 3.38. The predicted molar refractivity (Wildman–Crippen MR) is 73.5 cm³/mol. The van der Waals surface area contributed by atoms with Crippen LogP contribution in [0.1, 0.15) is 31.2 Å². The van der Waals surface area contributed by atoms with E-state index in [1.807, 2.05) is 0 Å². The van der Waals surface area contributed by atoms with Crippen molar-refractivity contribution in [2.75, 3.05) is 13.1 Å². The summed E-state index contributed by atoms with van der Waals surface area (Å²) in [6.45, 7) is 2.46. The molecule has 1 saturated heterocycles. The Morgan fingerprint density at radius 3 is 2.44 bits per heavy atom. The summed E-state index contributed by atoms with van der Waals surface area (Å²) in [5.41, 5.74) is 2.80. The van der Waals surface area contributed by atoms with Crippen LogP contribution in [-0.4, -0.2) is 23.4 Å². The molecule has 1 aliphatic rings. The van der Waals surface area contributed by atoms with E-state index in [-0.39, 0.29) is 0 Å². The lowest BCUT2D eigenvalue weighted by molar-refractivity contribution is 0.341. The number of hydrogen-bond acceptors (Lipinski definition) is 0. The van der Waals surface area contributed by atoms with Crippen LogP contribution >= 0.6 is 8.86 Å². The monoisotopic (exact) mass is 233 g/mol. The molecule has 0 aromatic heterocycles. The van der Waals surface area contributed by atoms with Gasteiger partial charge in [0.1, 0.15) is 0 Å². The fraction of sp³-hybridized carbons (Fsp3) is 0.500. The van der Waals surface area contributed by atoms with Crippen LogP contribution in [0.3, 0.4) is 0 Å². The Morgan fingerprint density at radius 1 is 1.06 bits per heavy atom. The zero-order valence-corrected chi connectivity index (χ0v) is 10.8. The van der Waals surface area contributed by atoms with Crippen molar-refractivity contribution < 1.29 is 0 Å². The summed E-state index contributed by atoms with van der Waals surface area (Å²) < 4.78 is 0. The molecule has 1 fully saturated rings. The summed E-state index contributed by atoms with van der Waals surface area (Å²) in [6.07, 6.45) is 6.35. The van der Waals surface area contributed by atoms with Crippen molar-refractivity contribution in [3.63, 3.8) is 0 Å². The van der Waals surface area contributed by atoms with Gasteiger partial charge < -0.3 is 0 Å². The first-order valence-electron chi connectivity index (χ1n) is 6.22. The Hall–Kier alpha value is -0.650. The molecule has 0 bridgehead atoms. The van der Waals surface area contributed by atoms with Crippen molar-refractivity contribution in [2.45, 2.75) is 32.1 Å². The van der Waals surface area contributed by atoms with Gasteiger partial charge in [-0.15, -0.1) is 8.86 Å². The lowest BCUT2D eigenvalue weighted by atomic mass is 10.1. The maximum atomic E-state index is 3.79. The smallest absolute Gasteiger partial charge is 0.0147 e. The molecular formula is C14H20NP. The van der Waals surface area contributed by atoms with E-state index in [1.165, 1.54) is 43.3 Å². The second-order valence-electron chi connectivity index (χ2n) is 4.48. The third kappa shape index (κ3) is 3.43. The van der Waals surface area contributed by atoms with Crippen LogP contribution in [0.2, 0.25) is 0 Å². The molecule has 86 valence electrons. The van der Waals surface area contributed by atoms with Gasteiger partial charge in [-0.2, -0.15) is 0 Å². The maximum absolute atomic E-state index is 3.79. The molecule has 1 aliphatic heterocycles. The van der Waals surface area contributed by atoms with Crippen LogP contribution in [0, 0.1) is 0 Å². The highest BCUT2D eigenvalue weighted by Gasteiger charge is 2.12. The van der Waals surface area contributed by atoms with Gasteiger partial charge in [0.05, 0.1) is 0 Å². The van der Waals surface area contributed by atoms with E-state index >= 15 is 0 Å². The Balaban J connectivity index is 1.79. The lowest BCUT2D eigenvalue weighted by Gasteiger charge is -2.27. The molecule has 0 spiro atoms. The van der Waals surface area contributed by atoms with Crippen molar-refractivity contribution in [2.24, 2.45) is 0 Å². The first-order chi connectivity index (χ1) is 7.86. The maximum Gasteiger partial charge on any atom is 0.0147 e. The fourth-order valence-corrected chi connectivity index (χ4v) is 2.58. The highest BCUT2D eigenvalue weighted by Crippen LogP contribution is 2.13. The highest BCUT2D eigenvalue weighted by atomic mass is 31.0. The van der Waals surface area contributed by atoms with E-state index in [4.69, 9.17) is 0 Å². The van der Waals surface area contributed by atoms with Crippen LogP contribution in [0.4, 0.5) is 0 Å². The Labute approximate surface area is 101 Å². The van der Waals surface area contributed by atoms with E-state index in [2.05, 4.69) is 44.1 Å². The zero-order chi connectivity index (χ0) is 11.2. The molecule has 0 amide bonds. The van der Waals surface area contributed by atoms with Gasteiger partial charge in [0.15, 0.2) is 0 Å². The van der Waals surface area contributed by atoms with Gasteiger partial charge in [0.25, 0.3) is 0 Å². The minimum Gasteiger partial charge on any atom is -0.275 e. The molecule has 0 N–H and O–H groups in total. The van der Waals surface area contributed by atoms with E-state index < -0.39 is 0 Å². The summed E-state index contributed by atoms with van der Waals surface area (Å²) in [7, 11) is 3.79. The molecule has 2 heteroatoms. The van der Waals surface area contributed by atoms with Crippen LogP contribution in [0.25, 0.3) is 0 Å². The van der Waals surface area contributed by atoms with Crippen LogP contribution in [0.5, 0.6) is 0 Å². The molecule has 1 aromatic rings. The first kappa shape index (κ1) is 11.8. The van der Waals surface area contributed by atoms with Gasteiger partial charge in [-0.05, 0) is 31.2 Å². The zero-order valence-electron chi connectivity index (χ0n) is 9.78. The first-order valence-corrected chi connectivity index (χ1v) is 6.72. The van der Waals surface area contributed by atoms with Crippen LogP contribution < -0.4 is 0 Å². The number of aryl methyl sites for hydroxylation is 1. The third-order valence-electron chi connectivity index (χ3n) is 3.23. The summed E-state index contributed by atoms with van der Waals surface area (Å²) in [6, 6.07) is 10.7. The second kappa shape index (κ2) is 6.18. The summed E-state index contributed by atoms with van der Waals surface area (Å²) >= 11 is 0. The summed E-state index contributed by atoms with van der Waals surface area (Å²) in [5.74, 6) is 0. The molecule has 0 aliphatic carbocycles. The summed E-state index contributed by atoms with van der Waals surface area (Å²) in [5, 5.41) is 0. The van der Waals surface area contributed by atoms with Crippen molar-refractivity contribution in [1.29, 1.82) is 0 Å². The number of rotatable bonds is 4. The van der Waals surface area contributed by atoms with E-state index in [1.54, 1.807) is 0 Å². The van der Waals surface area contributed by atoms with Crippen molar-refractivity contribution in [1.82, 2.24) is 4.90 Å². The molecule has 1 heterocycles. The minimum absolute atomic E-state index is 1.13. The molecule has 2 rings (SSSR count). The van der Waals surface area contributed by atoms with Gasteiger partial charge in [-0.3, -0.25) is 4.90 Å². The average Bonchev–Trinajstić information content (AvgIpc) is 2.38. The van der Waals surface area contributed by atoms with Gasteiger partial charge in [0, 0.05) is 18.5 Å². The van der Waals surface area contributed by atoms with Crippen LogP contribution in [0.15, 0.2) is 30.3 Å². The standard InChI is InChI=1S/C14H20NP/c16-14(15-11-5-2-6-12-15)10-9-13-7-3-1-4-8-13/h1,3-4,7-8,16H,2,5-6,9-12H2. The third-order valence-corrected chi connectivity index (χ3v) is 3.80. The van der Waals surface area contributed by atoms with Gasteiger partial charge >= 0.3 is 0 Å². The number of piperidine rings is 1. The van der Waals surface area contributed by atoms with Crippen molar-refractivity contribution >= 4 is 14.3 Å². The Morgan fingerprint density at radius 2 is 1.75 bits per heavy atom. The molecular weight excluding hydrogens is 213 g/mol. The quantitative estimate of drug-likeness (QED) is 0.721. The largest absolute Gasteiger partial charge is 0.275 e. The van der Waals surface area contributed by atoms with E-state index in [9.17, 15) is 0 Å². The molecule has 0 unspecified atom stereocenters. The van der Waals surface area contributed by atoms with E-state index in [0.29, 0.717) is 0 Å². The molecule has 0 atom stereocenters. The van der Waals surface area contributed by atoms with Crippen LogP contribution in [-0.2, 0) is 6.42 Å². The van der Waals surface area contributed by atoms with E-state index in [0.717, 1.165) is 12.8 Å².